The molecule has 0 aromatic rings. The Bertz CT molecular complexity index is 271. The first-order chi connectivity index (χ1) is 7.06. The lowest BCUT2D eigenvalue weighted by Crippen LogP contribution is -2.44. The highest BCUT2D eigenvalue weighted by Crippen LogP contribution is 2.13. The fourth-order valence-electron chi connectivity index (χ4n) is 1.97. The van der Waals surface area contributed by atoms with Crippen molar-refractivity contribution in [3.05, 3.63) is 0 Å². The van der Waals surface area contributed by atoms with Gasteiger partial charge in [0, 0.05) is 6.04 Å². The van der Waals surface area contributed by atoms with Gasteiger partial charge in [-0.05, 0) is 39.3 Å². The standard InChI is InChI=1S/C10H22N2O2S/c1-3-4-9(2)12-15(13,14)10-5-7-11-8-6-10/h9-12H,3-8H2,1-2H3. The van der Waals surface area contributed by atoms with Crippen LogP contribution in [0.5, 0.6) is 0 Å². The van der Waals surface area contributed by atoms with Crippen molar-refractivity contribution in [3.63, 3.8) is 0 Å². The largest absolute Gasteiger partial charge is 0.317 e. The van der Waals surface area contributed by atoms with Gasteiger partial charge in [-0.1, -0.05) is 13.3 Å². The molecule has 1 heterocycles. The predicted molar refractivity (Wildman–Crippen MR) is 62.3 cm³/mol. The molecule has 0 amide bonds. The molecule has 2 N–H and O–H groups in total. The van der Waals surface area contributed by atoms with Crippen molar-refractivity contribution >= 4 is 10.0 Å². The van der Waals surface area contributed by atoms with Crippen LogP contribution in [0.4, 0.5) is 0 Å². The van der Waals surface area contributed by atoms with Crippen LogP contribution < -0.4 is 10.0 Å². The van der Waals surface area contributed by atoms with Crippen molar-refractivity contribution in [1.29, 1.82) is 0 Å². The van der Waals surface area contributed by atoms with Crippen molar-refractivity contribution in [1.82, 2.24) is 10.0 Å². The number of sulfonamides is 1. The van der Waals surface area contributed by atoms with Gasteiger partial charge in [0.05, 0.1) is 5.25 Å². The third-order valence-corrected chi connectivity index (χ3v) is 4.89. The topological polar surface area (TPSA) is 58.2 Å². The monoisotopic (exact) mass is 234 g/mol. The summed E-state index contributed by atoms with van der Waals surface area (Å²) in [6, 6.07) is 0.0647. The fraction of sp³-hybridized carbons (Fsp3) is 1.00. The van der Waals surface area contributed by atoms with E-state index in [-0.39, 0.29) is 11.3 Å². The molecule has 4 nitrogen and oxygen atoms in total. The van der Waals surface area contributed by atoms with Gasteiger partial charge in [-0.2, -0.15) is 0 Å². The molecule has 0 spiro atoms. The maximum atomic E-state index is 11.9. The number of piperidine rings is 1. The lowest BCUT2D eigenvalue weighted by atomic mass is 10.2. The second-order valence-corrected chi connectivity index (χ2v) is 6.29. The van der Waals surface area contributed by atoms with Gasteiger partial charge in [-0.15, -0.1) is 0 Å². The predicted octanol–water partition coefficient (Wildman–Crippen LogP) is 0.846. The van der Waals surface area contributed by atoms with E-state index in [1.807, 2.05) is 6.92 Å². The maximum absolute atomic E-state index is 11.9. The van der Waals surface area contributed by atoms with Gasteiger partial charge in [-0.3, -0.25) is 0 Å². The highest BCUT2D eigenvalue weighted by Gasteiger charge is 2.27. The van der Waals surface area contributed by atoms with Crippen LogP contribution in [0.25, 0.3) is 0 Å². The number of hydrogen-bond donors (Lipinski definition) is 2. The average molecular weight is 234 g/mol. The lowest BCUT2D eigenvalue weighted by Gasteiger charge is -2.24. The molecule has 5 heteroatoms. The minimum Gasteiger partial charge on any atom is -0.317 e. The van der Waals surface area contributed by atoms with Crippen molar-refractivity contribution in [2.24, 2.45) is 0 Å². The Morgan fingerprint density at radius 1 is 1.40 bits per heavy atom. The molecule has 1 unspecified atom stereocenters. The maximum Gasteiger partial charge on any atom is 0.214 e. The zero-order chi connectivity index (χ0) is 11.3. The molecule has 0 saturated carbocycles. The Balaban J connectivity index is 2.49. The number of hydrogen-bond acceptors (Lipinski definition) is 3. The number of rotatable bonds is 5. The Kier molecular flexibility index (Phi) is 5.02. The van der Waals surface area contributed by atoms with Crippen molar-refractivity contribution < 1.29 is 8.42 Å². The van der Waals surface area contributed by atoms with Crippen LogP contribution in [0.3, 0.4) is 0 Å². The summed E-state index contributed by atoms with van der Waals surface area (Å²) >= 11 is 0. The van der Waals surface area contributed by atoms with E-state index >= 15 is 0 Å². The summed E-state index contributed by atoms with van der Waals surface area (Å²) in [5, 5.41) is 2.98. The smallest absolute Gasteiger partial charge is 0.214 e. The van der Waals surface area contributed by atoms with Crippen molar-refractivity contribution in [3.8, 4) is 0 Å². The molecule has 1 aliphatic rings. The van der Waals surface area contributed by atoms with Crippen LogP contribution in [-0.2, 0) is 10.0 Å². The summed E-state index contributed by atoms with van der Waals surface area (Å²) in [6.07, 6.45) is 3.38. The molecule has 1 rings (SSSR count). The third-order valence-electron chi connectivity index (χ3n) is 2.81. The summed E-state index contributed by atoms with van der Waals surface area (Å²) < 4.78 is 26.6. The van der Waals surface area contributed by atoms with Crippen LogP contribution >= 0.6 is 0 Å². The highest BCUT2D eigenvalue weighted by molar-refractivity contribution is 7.90. The van der Waals surface area contributed by atoms with Gasteiger partial charge in [0.2, 0.25) is 10.0 Å². The SMILES string of the molecule is CCCC(C)NS(=O)(=O)C1CCNCC1. The van der Waals surface area contributed by atoms with E-state index in [2.05, 4.69) is 17.0 Å². The van der Waals surface area contributed by atoms with Gasteiger partial charge in [-0.25, -0.2) is 13.1 Å². The van der Waals surface area contributed by atoms with E-state index in [4.69, 9.17) is 0 Å². The molecule has 1 saturated heterocycles. The van der Waals surface area contributed by atoms with Crippen molar-refractivity contribution in [2.75, 3.05) is 13.1 Å². The minimum atomic E-state index is -3.09. The molecule has 1 atom stereocenters. The second kappa shape index (κ2) is 5.82. The normalized spacial score (nSPS) is 21.5. The molecule has 0 aromatic carbocycles. The average Bonchev–Trinajstić information content (AvgIpc) is 2.18. The van der Waals surface area contributed by atoms with E-state index < -0.39 is 10.0 Å². The number of nitrogens with one attached hydrogen (secondary N) is 2. The van der Waals surface area contributed by atoms with Crippen LogP contribution in [0.15, 0.2) is 0 Å². The molecule has 0 aromatic heterocycles. The fourth-order valence-corrected chi connectivity index (χ4v) is 3.70. The first kappa shape index (κ1) is 12.9. The summed E-state index contributed by atoms with van der Waals surface area (Å²) in [5.41, 5.74) is 0. The second-order valence-electron chi connectivity index (χ2n) is 4.30. The zero-order valence-electron chi connectivity index (χ0n) is 9.62. The van der Waals surface area contributed by atoms with Crippen LogP contribution in [-0.4, -0.2) is 32.8 Å². The zero-order valence-corrected chi connectivity index (χ0v) is 10.4. The van der Waals surface area contributed by atoms with E-state index in [0.717, 1.165) is 38.8 Å². The van der Waals surface area contributed by atoms with Crippen molar-refractivity contribution in [2.45, 2.75) is 50.8 Å². The Labute approximate surface area is 92.9 Å². The Morgan fingerprint density at radius 3 is 2.53 bits per heavy atom. The van der Waals surface area contributed by atoms with Gasteiger partial charge >= 0.3 is 0 Å². The summed E-state index contributed by atoms with van der Waals surface area (Å²) in [7, 11) is -3.09. The van der Waals surface area contributed by atoms with Gasteiger partial charge in [0.15, 0.2) is 0 Å². The van der Waals surface area contributed by atoms with E-state index in [9.17, 15) is 8.42 Å². The van der Waals surface area contributed by atoms with Crippen LogP contribution in [0.1, 0.15) is 39.5 Å². The molecule has 0 bridgehead atoms. The molecule has 15 heavy (non-hydrogen) atoms. The van der Waals surface area contributed by atoms with E-state index in [1.165, 1.54) is 0 Å². The van der Waals surface area contributed by atoms with Gasteiger partial charge in [0.1, 0.15) is 0 Å². The van der Waals surface area contributed by atoms with Gasteiger partial charge < -0.3 is 5.32 Å². The molecule has 1 aliphatic heterocycles. The summed E-state index contributed by atoms with van der Waals surface area (Å²) in [5.74, 6) is 0. The summed E-state index contributed by atoms with van der Waals surface area (Å²) in [6.45, 7) is 5.62. The van der Waals surface area contributed by atoms with E-state index in [0.29, 0.717) is 0 Å². The molecule has 90 valence electrons. The molecular formula is C10H22N2O2S. The molecular weight excluding hydrogens is 212 g/mol. The molecule has 0 radical (unpaired) electrons. The molecule has 1 fully saturated rings. The van der Waals surface area contributed by atoms with Crippen LogP contribution in [0.2, 0.25) is 0 Å². The first-order valence-electron chi connectivity index (χ1n) is 5.78. The molecule has 0 aliphatic carbocycles. The van der Waals surface area contributed by atoms with Gasteiger partial charge in [0.25, 0.3) is 0 Å². The third kappa shape index (κ3) is 4.09. The van der Waals surface area contributed by atoms with E-state index in [1.54, 1.807) is 0 Å². The Morgan fingerprint density at radius 2 is 2.00 bits per heavy atom. The quantitative estimate of drug-likeness (QED) is 0.741. The van der Waals surface area contributed by atoms with Crippen LogP contribution in [0, 0.1) is 0 Å². The lowest BCUT2D eigenvalue weighted by molar-refractivity contribution is 0.478. The summed E-state index contributed by atoms with van der Waals surface area (Å²) in [4.78, 5) is 0. The first-order valence-corrected chi connectivity index (χ1v) is 7.32. The Hall–Kier alpha value is -0.130. The minimum absolute atomic E-state index is 0.0647. The highest BCUT2D eigenvalue weighted by atomic mass is 32.2.